The molecule has 2 aromatic rings. The van der Waals surface area contributed by atoms with Gasteiger partial charge < -0.3 is 9.47 Å². The van der Waals surface area contributed by atoms with Crippen LogP contribution in [0.3, 0.4) is 0 Å². The van der Waals surface area contributed by atoms with E-state index in [0.29, 0.717) is 39.1 Å². The number of rotatable bonds is 6. The zero-order chi connectivity index (χ0) is 22.9. The maximum absolute atomic E-state index is 13.2. The van der Waals surface area contributed by atoms with Crippen molar-refractivity contribution >= 4 is 39.2 Å². The van der Waals surface area contributed by atoms with Crippen molar-refractivity contribution in [2.45, 2.75) is 6.42 Å². The largest absolute Gasteiger partial charge is 0.497 e. The molecule has 0 spiro atoms. The highest BCUT2D eigenvalue weighted by molar-refractivity contribution is 9.10. The lowest BCUT2D eigenvalue weighted by atomic mass is 9.63. The van der Waals surface area contributed by atoms with E-state index in [1.165, 1.54) is 4.90 Å². The van der Waals surface area contributed by atoms with Gasteiger partial charge in [-0.25, -0.2) is 0 Å². The minimum absolute atomic E-state index is 0.0806. The molecule has 6 nitrogen and oxygen atoms in total. The van der Waals surface area contributed by atoms with Crippen LogP contribution >= 0.6 is 15.9 Å². The molecule has 4 aliphatic carbocycles. The Bertz CT molecular complexity index is 1170. The van der Waals surface area contributed by atoms with E-state index >= 15 is 0 Å². The molecule has 0 aromatic heterocycles. The molecule has 1 heterocycles. The van der Waals surface area contributed by atoms with Crippen molar-refractivity contribution in [2.75, 3.05) is 18.6 Å². The third-order valence-corrected chi connectivity index (χ3v) is 8.26. The minimum Gasteiger partial charge on any atom is -0.497 e. The summed E-state index contributed by atoms with van der Waals surface area (Å²) in [5.41, 5.74) is 1.06. The Morgan fingerprint density at radius 2 is 1.58 bits per heavy atom. The Kier molecular flexibility index (Phi) is 4.73. The molecule has 2 bridgehead atoms. The van der Waals surface area contributed by atoms with Gasteiger partial charge in [-0.05, 0) is 88.5 Å². The highest BCUT2D eigenvalue weighted by Crippen LogP contribution is 2.65. The molecule has 1 aliphatic heterocycles. The maximum Gasteiger partial charge on any atom is 0.238 e. The van der Waals surface area contributed by atoms with Gasteiger partial charge in [-0.15, -0.1) is 0 Å². The summed E-state index contributed by atoms with van der Waals surface area (Å²) in [5, 5.41) is 0. The van der Waals surface area contributed by atoms with Crippen molar-refractivity contribution in [3.8, 4) is 11.5 Å². The number of allylic oxidation sites excluding steroid dienone is 2. The van der Waals surface area contributed by atoms with E-state index in [1.807, 2.05) is 0 Å². The minimum atomic E-state index is -0.215. The van der Waals surface area contributed by atoms with Crippen LogP contribution in [0.25, 0.3) is 0 Å². The Morgan fingerprint density at radius 1 is 0.970 bits per heavy atom. The normalized spacial score (nSPS) is 30.8. The number of benzene rings is 2. The molecule has 6 atom stereocenters. The second-order valence-electron chi connectivity index (χ2n) is 9.22. The van der Waals surface area contributed by atoms with Gasteiger partial charge >= 0.3 is 0 Å². The van der Waals surface area contributed by atoms with Gasteiger partial charge in [-0.2, -0.15) is 0 Å². The number of halogens is 1. The molecule has 2 amide bonds. The Labute approximate surface area is 199 Å². The van der Waals surface area contributed by atoms with Crippen molar-refractivity contribution in [1.82, 2.24) is 0 Å². The summed E-state index contributed by atoms with van der Waals surface area (Å²) in [6.07, 6.45) is 5.49. The fourth-order valence-corrected chi connectivity index (χ4v) is 6.56. The van der Waals surface area contributed by atoms with Gasteiger partial charge in [-0.1, -0.05) is 12.2 Å². The molecule has 5 aliphatic rings. The number of nitrogens with zero attached hydrogens (tertiary/aromatic N) is 1. The first-order valence-corrected chi connectivity index (χ1v) is 11.9. The number of ketones is 1. The van der Waals surface area contributed by atoms with Crippen LogP contribution in [0, 0.1) is 35.5 Å². The number of amides is 2. The predicted octanol–water partition coefficient (Wildman–Crippen LogP) is 4.28. The lowest BCUT2D eigenvalue weighted by molar-refractivity contribution is -0.124. The third-order valence-electron chi connectivity index (χ3n) is 7.60. The topological polar surface area (TPSA) is 72.9 Å². The van der Waals surface area contributed by atoms with E-state index in [0.717, 1.165) is 6.42 Å². The van der Waals surface area contributed by atoms with Gasteiger partial charge in [0.15, 0.2) is 6.61 Å². The van der Waals surface area contributed by atoms with Crippen LogP contribution in [-0.2, 0) is 9.59 Å². The molecule has 33 heavy (non-hydrogen) atoms. The Morgan fingerprint density at radius 3 is 2.15 bits per heavy atom. The molecule has 168 valence electrons. The predicted molar refractivity (Wildman–Crippen MR) is 124 cm³/mol. The molecule has 3 fully saturated rings. The second kappa shape index (κ2) is 7.55. The van der Waals surface area contributed by atoms with Crippen LogP contribution in [-0.4, -0.2) is 31.3 Å². The van der Waals surface area contributed by atoms with Gasteiger partial charge in [0.05, 0.1) is 24.6 Å². The number of carbonyl (C=O) groups excluding carboxylic acids is 3. The number of methoxy groups -OCH3 is 1. The number of ether oxygens (including phenoxy) is 2. The van der Waals surface area contributed by atoms with Crippen LogP contribution in [0.5, 0.6) is 11.5 Å². The first-order chi connectivity index (χ1) is 16.0. The Balaban J connectivity index is 1.14. The van der Waals surface area contributed by atoms with E-state index in [4.69, 9.17) is 9.47 Å². The SMILES string of the molecule is COc1ccc(C(=O)COc2ccc(N3C(=O)[C@@H]4[C@@H]5C=C[C@@H]([C@H]6C[C@@H]56)[C@@H]4C3=O)cc2)c(Br)c1. The zero-order valence-electron chi connectivity index (χ0n) is 17.9. The number of Topliss-reactive ketones (excluding diaryl/α,β-unsaturated/α-hetero) is 1. The van der Waals surface area contributed by atoms with Crippen LogP contribution in [0.4, 0.5) is 5.69 Å². The molecule has 7 rings (SSSR count). The van der Waals surface area contributed by atoms with E-state index < -0.39 is 0 Å². The molecular weight excluding hydrogens is 486 g/mol. The standard InChI is InChI=1S/C26H22BrNO5/c1-32-15-6-7-18(21(27)10-15)22(29)12-33-14-4-2-13(3-5-14)28-25(30)23-16-8-9-17(20-11-19(16)20)24(23)26(28)31/h2-10,16-17,19-20,23-24H,11-12H2,1H3/t16-,17+,19+,20-,23-,24+. The number of imide groups is 1. The summed E-state index contributed by atoms with van der Waals surface area (Å²) < 4.78 is 11.5. The van der Waals surface area contributed by atoms with Crippen LogP contribution < -0.4 is 14.4 Å². The van der Waals surface area contributed by atoms with Crippen LogP contribution in [0.2, 0.25) is 0 Å². The van der Waals surface area contributed by atoms with Crippen LogP contribution in [0.15, 0.2) is 59.1 Å². The molecule has 0 N–H and O–H groups in total. The molecule has 7 heteroatoms. The van der Waals surface area contributed by atoms with Gasteiger partial charge in [0.2, 0.25) is 17.6 Å². The van der Waals surface area contributed by atoms with E-state index in [2.05, 4.69) is 28.1 Å². The number of hydrogen-bond donors (Lipinski definition) is 0. The van der Waals surface area contributed by atoms with Crippen molar-refractivity contribution in [2.24, 2.45) is 35.5 Å². The van der Waals surface area contributed by atoms with E-state index in [9.17, 15) is 14.4 Å². The van der Waals surface area contributed by atoms with E-state index in [-0.39, 0.29) is 47.9 Å². The van der Waals surface area contributed by atoms with Crippen molar-refractivity contribution in [1.29, 1.82) is 0 Å². The zero-order valence-corrected chi connectivity index (χ0v) is 19.5. The smallest absolute Gasteiger partial charge is 0.238 e. The fraction of sp³-hybridized carbons (Fsp3) is 0.346. The third kappa shape index (κ3) is 3.16. The summed E-state index contributed by atoms with van der Waals surface area (Å²) in [6.45, 7) is -0.131. The number of hydrogen-bond acceptors (Lipinski definition) is 5. The fourth-order valence-electron chi connectivity index (χ4n) is 5.98. The molecule has 0 radical (unpaired) electrons. The summed E-state index contributed by atoms with van der Waals surface area (Å²) in [5.74, 6) is 1.96. The molecule has 2 saturated carbocycles. The van der Waals surface area contributed by atoms with Gasteiger partial charge in [0.25, 0.3) is 0 Å². The molecule has 2 aromatic carbocycles. The molecular formula is C26H22BrNO5. The van der Waals surface area contributed by atoms with Crippen molar-refractivity contribution < 1.29 is 23.9 Å². The monoisotopic (exact) mass is 507 g/mol. The highest BCUT2D eigenvalue weighted by Gasteiger charge is 2.67. The number of anilines is 1. The number of carbonyl (C=O) groups is 3. The van der Waals surface area contributed by atoms with Crippen molar-refractivity contribution in [3.63, 3.8) is 0 Å². The van der Waals surface area contributed by atoms with Crippen molar-refractivity contribution in [3.05, 3.63) is 64.7 Å². The average Bonchev–Trinajstić information content (AvgIpc) is 3.61. The average molecular weight is 508 g/mol. The lowest BCUT2D eigenvalue weighted by Gasteiger charge is -2.37. The Hall–Kier alpha value is -2.93. The second-order valence-corrected chi connectivity index (χ2v) is 10.1. The van der Waals surface area contributed by atoms with Crippen LogP contribution in [0.1, 0.15) is 16.8 Å². The van der Waals surface area contributed by atoms with Gasteiger partial charge in [0.1, 0.15) is 11.5 Å². The molecule has 0 unspecified atom stereocenters. The van der Waals surface area contributed by atoms with E-state index in [1.54, 1.807) is 49.6 Å². The lowest BCUT2D eigenvalue weighted by Crippen LogP contribution is -2.40. The first kappa shape index (κ1) is 20.7. The van der Waals surface area contributed by atoms with Gasteiger partial charge in [-0.3, -0.25) is 19.3 Å². The molecule has 1 saturated heterocycles. The first-order valence-electron chi connectivity index (χ1n) is 11.1. The maximum atomic E-state index is 13.2. The highest BCUT2D eigenvalue weighted by atomic mass is 79.9. The summed E-state index contributed by atoms with van der Waals surface area (Å²) >= 11 is 3.39. The summed E-state index contributed by atoms with van der Waals surface area (Å²) in [7, 11) is 1.57. The summed E-state index contributed by atoms with van der Waals surface area (Å²) in [4.78, 5) is 40.3. The quantitative estimate of drug-likeness (QED) is 0.331. The summed E-state index contributed by atoms with van der Waals surface area (Å²) in [6, 6.07) is 12.0. The van der Waals surface area contributed by atoms with Gasteiger partial charge in [0, 0.05) is 10.0 Å².